The molecule has 0 fully saturated rings. The largest absolute Gasteiger partial charge is 0.384 e. The standard InChI is InChI=1S/C10H12N6S/c1-6-14-15-10(16(6)2)17-8-4-3-7(5-13-8)9(11)12/h3-5H,1-2H3,(H3,11,12). The van der Waals surface area contributed by atoms with Crippen LogP contribution in [0.2, 0.25) is 0 Å². The van der Waals surface area contributed by atoms with Crippen LogP contribution < -0.4 is 5.73 Å². The molecule has 0 aliphatic heterocycles. The maximum absolute atomic E-state index is 7.27. The number of nitrogen functional groups attached to an aromatic ring is 1. The first-order chi connectivity index (χ1) is 8.08. The zero-order valence-corrected chi connectivity index (χ0v) is 10.3. The van der Waals surface area contributed by atoms with Crippen molar-refractivity contribution >= 4 is 17.6 Å². The fourth-order valence-electron chi connectivity index (χ4n) is 1.17. The highest BCUT2D eigenvalue weighted by atomic mass is 32.2. The number of nitrogens with two attached hydrogens (primary N) is 1. The smallest absolute Gasteiger partial charge is 0.197 e. The second kappa shape index (κ2) is 4.54. The number of hydrogen-bond donors (Lipinski definition) is 2. The van der Waals surface area contributed by atoms with Crippen LogP contribution in [0.3, 0.4) is 0 Å². The van der Waals surface area contributed by atoms with Gasteiger partial charge in [-0.2, -0.15) is 0 Å². The van der Waals surface area contributed by atoms with Crippen molar-refractivity contribution in [1.29, 1.82) is 5.41 Å². The lowest BCUT2D eigenvalue weighted by atomic mass is 10.3. The number of aryl methyl sites for hydroxylation is 1. The molecule has 7 heteroatoms. The van der Waals surface area contributed by atoms with Crippen LogP contribution in [0.1, 0.15) is 11.4 Å². The first-order valence-electron chi connectivity index (χ1n) is 4.92. The van der Waals surface area contributed by atoms with E-state index in [0.717, 1.165) is 16.0 Å². The van der Waals surface area contributed by atoms with Gasteiger partial charge in [0.1, 0.15) is 16.7 Å². The predicted octanol–water partition coefficient (Wildman–Crippen LogP) is 0.954. The quantitative estimate of drug-likeness (QED) is 0.623. The monoisotopic (exact) mass is 248 g/mol. The second-order valence-corrected chi connectivity index (χ2v) is 4.48. The van der Waals surface area contributed by atoms with Crippen LogP contribution in [0.5, 0.6) is 0 Å². The van der Waals surface area contributed by atoms with Gasteiger partial charge in [0.2, 0.25) is 0 Å². The van der Waals surface area contributed by atoms with E-state index in [1.54, 1.807) is 12.3 Å². The predicted molar refractivity (Wildman–Crippen MR) is 65.1 cm³/mol. The summed E-state index contributed by atoms with van der Waals surface area (Å²) < 4.78 is 1.89. The van der Waals surface area contributed by atoms with E-state index in [9.17, 15) is 0 Å². The Morgan fingerprint density at radius 3 is 2.65 bits per heavy atom. The zero-order chi connectivity index (χ0) is 12.4. The number of amidine groups is 1. The van der Waals surface area contributed by atoms with Gasteiger partial charge in [-0.3, -0.25) is 5.41 Å². The third kappa shape index (κ3) is 2.44. The van der Waals surface area contributed by atoms with Crippen molar-refractivity contribution in [2.75, 3.05) is 0 Å². The molecule has 0 bridgehead atoms. The summed E-state index contributed by atoms with van der Waals surface area (Å²) in [7, 11) is 1.90. The Morgan fingerprint density at radius 1 is 1.41 bits per heavy atom. The molecule has 0 aliphatic rings. The Kier molecular flexibility index (Phi) is 3.10. The van der Waals surface area contributed by atoms with Gasteiger partial charge in [-0.1, -0.05) is 0 Å². The molecule has 2 rings (SSSR count). The summed E-state index contributed by atoms with van der Waals surface area (Å²) in [6.07, 6.45) is 1.58. The molecule has 2 aromatic rings. The number of nitrogens with zero attached hydrogens (tertiary/aromatic N) is 4. The van der Waals surface area contributed by atoms with Crippen molar-refractivity contribution in [3.8, 4) is 0 Å². The van der Waals surface area contributed by atoms with Gasteiger partial charge in [0.25, 0.3) is 0 Å². The fraction of sp³-hybridized carbons (Fsp3) is 0.200. The fourth-order valence-corrected chi connectivity index (χ4v) is 1.95. The van der Waals surface area contributed by atoms with Crippen LogP contribution in [0.25, 0.3) is 0 Å². The van der Waals surface area contributed by atoms with Gasteiger partial charge in [-0.25, -0.2) is 4.98 Å². The van der Waals surface area contributed by atoms with E-state index in [4.69, 9.17) is 11.1 Å². The van der Waals surface area contributed by atoms with Crippen molar-refractivity contribution in [2.45, 2.75) is 17.1 Å². The molecule has 3 N–H and O–H groups in total. The molecular formula is C10H12N6S. The van der Waals surface area contributed by atoms with E-state index in [-0.39, 0.29) is 5.84 Å². The molecular weight excluding hydrogens is 236 g/mol. The molecule has 0 radical (unpaired) electrons. The summed E-state index contributed by atoms with van der Waals surface area (Å²) in [6, 6.07) is 3.58. The van der Waals surface area contributed by atoms with E-state index in [1.165, 1.54) is 11.8 Å². The van der Waals surface area contributed by atoms with E-state index in [1.807, 2.05) is 24.6 Å². The lowest BCUT2D eigenvalue weighted by Gasteiger charge is -2.02. The SMILES string of the molecule is Cc1nnc(Sc2ccc(C(=N)N)cn2)n1C. The van der Waals surface area contributed by atoms with E-state index in [2.05, 4.69) is 15.2 Å². The Morgan fingerprint density at radius 2 is 2.18 bits per heavy atom. The summed E-state index contributed by atoms with van der Waals surface area (Å²) in [6.45, 7) is 1.89. The van der Waals surface area contributed by atoms with Crippen LogP contribution in [0.4, 0.5) is 0 Å². The van der Waals surface area contributed by atoms with Crippen molar-refractivity contribution in [1.82, 2.24) is 19.7 Å². The van der Waals surface area contributed by atoms with Gasteiger partial charge in [-0.05, 0) is 30.8 Å². The highest BCUT2D eigenvalue weighted by Gasteiger charge is 2.07. The minimum Gasteiger partial charge on any atom is -0.384 e. The molecule has 0 spiro atoms. The Labute approximate surface area is 103 Å². The molecule has 0 aromatic carbocycles. The number of hydrogen-bond acceptors (Lipinski definition) is 5. The molecule has 2 aromatic heterocycles. The van der Waals surface area contributed by atoms with Crippen LogP contribution in [0.15, 0.2) is 28.5 Å². The summed E-state index contributed by atoms with van der Waals surface area (Å²) in [4.78, 5) is 4.21. The van der Waals surface area contributed by atoms with Crippen molar-refractivity contribution < 1.29 is 0 Å². The normalized spacial score (nSPS) is 10.5. The molecule has 17 heavy (non-hydrogen) atoms. The molecule has 88 valence electrons. The number of rotatable bonds is 3. The van der Waals surface area contributed by atoms with E-state index in [0.29, 0.717) is 5.56 Å². The van der Waals surface area contributed by atoms with Crippen molar-refractivity contribution in [3.63, 3.8) is 0 Å². The molecule has 0 atom stereocenters. The topological polar surface area (TPSA) is 93.5 Å². The van der Waals surface area contributed by atoms with Crippen LogP contribution in [-0.2, 0) is 7.05 Å². The third-order valence-electron chi connectivity index (χ3n) is 2.30. The molecule has 0 saturated heterocycles. The Hall–Kier alpha value is -1.89. The molecule has 2 heterocycles. The molecule has 6 nitrogen and oxygen atoms in total. The van der Waals surface area contributed by atoms with Crippen molar-refractivity contribution in [3.05, 3.63) is 29.7 Å². The summed E-state index contributed by atoms with van der Waals surface area (Å²) in [5.74, 6) is 0.872. The Bertz CT molecular complexity index is 544. The average molecular weight is 248 g/mol. The van der Waals surface area contributed by atoms with Gasteiger partial charge in [-0.15, -0.1) is 10.2 Å². The van der Waals surface area contributed by atoms with Crippen molar-refractivity contribution in [2.24, 2.45) is 12.8 Å². The summed E-state index contributed by atoms with van der Waals surface area (Å²) >= 11 is 1.42. The zero-order valence-electron chi connectivity index (χ0n) is 9.51. The molecule has 0 amide bonds. The highest BCUT2D eigenvalue weighted by molar-refractivity contribution is 7.99. The van der Waals surface area contributed by atoms with Crippen LogP contribution in [-0.4, -0.2) is 25.6 Å². The Balaban J connectivity index is 2.19. The second-order valence-electron chi connectivity index (χ2n) is 3.49. The number of aromatic nitrogens is 4. The molecule has 0 unspecified atom stereocenters. The maximum Gasteiger partial charge on any atom is 0.197 e. The average Bonchev–Trinajstić information content (AvgIpc) is 2.62. The third-order valence-corrected chi connectivity index (χ3v) is 3.28. The molecule has 0 saturated carbocycles. The lowest BCUT2D eigenvalue weighted by molar-refractivity contribution is 0.764. The van der Waals surface area contributed by atoms with E-state index >= 15 is 0 Å². The summed E-state index contributed by atoms with van der Waals surface area (Å²) in [5.41, 5.74) is 5.97. The van der Waals surface area contributed by atoms with Gasteiger partial charge >= 0.3 is 0 Å². The van der Waals surface area contributed by atoms with Crippen LogP contribution in [0, 0.1) is 12.3 Å². The highest BCUT2D eigenvalue weighted by Crippen LogP contribution is 2.23. The van der Waals surface area contributed by atoms with Crippen LogP contribution >= 0.6 is 11.8 Å². The minimum absolute atomic E-state index is 0.0172. The van der Waals surface area contributed by atoms with Gasteiger partial charge in [0.05, 0.1) is 0 Å². The van der Waals surface area contributed by atoms with Gasteiger partial charge in [0, 0.05) is 18.8 Å². The number of pyridine rings is 1. The first kappa shape index (κ1) is 11.6. The summed E-state index contributed by atoms with van der Waals surface area (Å²) in [5, 5.41) is 16.9. The van der Waals surface area contributed by atoms with Gasteiger partial charge < -0.3 is 10.3 Å². The maximum atomic E-state index is 7.27. The number of nitrogens with one attached hydrogen (secondary N) is 1. The minimum atomic E-state index is 0.0172. The first-order valence-corrected chi connectivity index (χ1v) is 5.74. The molecule has 0 aliphatic carbocycles. The van der Waals surface area contributed by atoms with E-state index < -0.39 is 0 Å². The lowest BCUT2D eigenvalue weighted by Crippen LogP contribution is -2.11. The van der Waals surface area contributed by atoms with Gasteiger partial charge in [0.15, 0.2) is 5.16 Å².